The summed E-state index contributed by atoms with van der Waals surface area (Å²) in [5.74, 6) is 4.06. The Labute approximate surface area is 202 Å². The Bertz CT molecular complexity index is 607. The van der Waals surface area contributed by atoms with Crippen molar-refractivity contribution in [1.82, 2.24) is 0 Å². The average Bonchev–Trinajstić information content (AvgIpc) is 3.29. The first-order valence-corrected chi connectivity index (χ1v) is 14.0. The van der Waals surface area contributed by atoms with Crippen LogP contribution in [0.25, 0.3) is 0 Å². The van der Waals surface area contributed by atoms with Crippen LogP contribution in [0.1, 0.15) is 86.5 Å². The van der Waals surface area contributed by atoms with Gasteiger partial charge in [0.15, 0.2) is 5.79 Å². The zero-order valence-electron chi connectivity index (χ0n) is 22.0. The van der Waals surface area contributed by atoms with Crippen molar-refractivity contribution >= 4 is 0 Å². The lowest BCUT2D eigenvalue weighted by molar-refractivity contribution is -0.292. The second-order valence-electron chi connectivity index (χ2n) is 12.8. The normalized spacial score (nSPS) is 48.5. The highest BCUT2D eigenvalue weighted by atomic mass is 16.8. The molecule has 1 saturated heterocycles. The summed E-state index contributed by atoms with van der Waals surface area (Å²) in [6.45, 7) is 14.7. The average molecular weight is 466 g/mol. The number of hydrogen-bond acceptors (Lipinski definition) is 5. The molecule has 0 aromatic carbocycles. The van der Waals surface area contributed by atoms with Gasteiger partial charge in [-0.25, -0.2) is 0 Å². The molecule has 0 radical (unpaired) electrons. The van der Waals surface area contributed by atoms with E-state index in [-0.39, 0.29) is 31.0 Å². The summed E-state index contributed by atoms with van der Waals surface area (Å²) in [5, 5.41) is 9.36. The number of aliphatic hydroxyl groups is 1. The molecule has 3 aliphatic carbocycles. The molecule has 3 N–H and O–H groups in total. The molecule has 6 unspecified atom stereocenters. The van der Waals surface area contributed by atoms with Gasteiger partial charge in [-0.1, -0.05) is 54.4 Å². The number of ether oxygens (including phenoxy) is 3. The molecular formula is C28H51NO4. The van der Waals surface area contributed by atoms with Crippen LogP contribution in [0.4, 0.5) is 0 Å². The number of aliphatic hydroxyl groups excluding tert-OH is 1. The van der Waals surface area contributed by atoms with E-state index < -0.39 is 5.79 Å². The van der Waals surface area contributed by atoms with E-state index in [2.05, 4.69) is 41.5 Å². The van der Waals surface area contributed by atoms with Crippen molar-refractivity contribution in [3.05, 3.63) is 0 Å². The van der Waals surface area contributed by atoms with Crippen LogP contribution < -0.4 is 5.73 Å². The standard InChI is InChI=1S/C28H51NO4/c1-16(2)20-9-7-18(5)13-22(20)28(23-14-19(6)8-10-21(23)17(3)4)32-26-24(29)15-25(27(26)33-28)31-12-11-30/h16-27,30H,7-15,29H2,1-6H3/t18?,19?,20?,21?,22?,23?,24-,25+,26+,27-,28?/m1/s1. The minimum Gasteiger partial charge on any atom is -0.394 e. The molecule has 1 heterocycles. The molecule has 33 heavy (non-hydrogen) atoms. The van der Waals surface area contributed by atoms with E-state index in [9.17, 15) is 5.11 Å². The Morgan fingerprint density at radius 2 is 1.36 bits per heavy atom. The van der Waals surface area contributed by atoms with Crippen molar-refractivity contribution in [1.29, 1.82) is 0 Å². The molecule has 4 aliphatic rings. The maximum Gasteiger partial charge on any atom is 0.175 e. The van der Waals surface area contributed by atoms with E-state index in [1.54, 1.807) is 0 Å². The van der Waals surface area contributed by atoms with E-state index in [0.29, 0.717) is 54.0 Å². The molecule has 3 saturated carbocycles. The van der Waals surface area contributed by atoms with Crippen LogP contribution in [0.3, 0.4) is 0 Å². The van der Waals surface area contributed by atoms with Crippen molar-refractivity contribution < 1.29 is 19.3 Å². The molecule has 4 fully saturated rings. The predicted octanol–water partition coefficient (Wildman–Crippen LogP) is 4.99. The van der Waals surface area contributed by atoms with Gasteiger partial charge < -0.3 is 25.1 Å². The Morgan fingerprint density at radius 3 is 1.85 bits per heavy atom. The van der Waals surface area contributed by atoms with Gasteiger partial charge in [-0.3, -0.25) is 0 Å². The zero-order chi connectivity index (χ0) is 23.9. The second-order valence-corrected chi connectivity index (χ2v) is 12.8. The summed E-state index contributed by atoms with van der Waals surface area (Å²) in [7, 11) is 0. The first-order valence-electron chi connectivity index (χ1n) is 14.0. The molecule has 10 atom stereocenters. The summed E-state index contributed by atoms with van der Waals surface area (Å²) in [6.07, 6.45) is 7.91. The Kier molecular flexibility index (Phi) is 8.17. The highest BCUT2D eigenvalue weighted by molar-refractivity contribution is 5.09. The molecule has 5 nitrogen and oxygen atoms in total. The third kappa shape index (κ3) is 4.91. The van der Waals surface area contributed by atoms with Crippen LogP contribution in [0, 0.1) is 47.3 Å². The number of hydrogen-bond donors (Lipinski definition) is 2. The maximum atomic E-state index is 9.36. The fraction of sp³-hybridized carbons (Fsp3) is 1.00. The second kappa shape index (κ2) is 10.4. The topological polar surface area (TPSA) is 73.9 Å². The summed E-state index contributed by atoms with van der Waals surface area (Å²) in [5.41, 5.74) is 6.66. The number of rotatable bonds is 7. The summed E-state index contributed by atoms with van der Waals surface area (Å²) in [6, 6.07) is -0.0717. The number of fused-ring (bicyclic) bond motifs is 1. The molecule has 0 bridgehead atoms. The molecule has 0 amide bonds. The van der Waals surface area contributed by atoms with Gasteiger partial charge in [0, 0.05) is 17.9 Å². The Hall–Kier alpha value is -0.200. The van der Waals surface area contributed by atoms with Crippen LogP contribution in [-0.2, 0) is 14.2 Å². The molecule has 1 aliphatic heterocycles. The van der Waals surface area contributed by atoms with Crippen molar-refractivity contribution in [3.8, 4) is 0 Å². The third-order valence-electron chi connectivity index (χ3n) is 9.76. The monoisotopic (exact) mass is 465 g/mol. The van der Waals surface area contributed by atoms with E-state index in [4.69, 9.17) is 19.9 Å². The van der Waals surface area contributed by atoms with Gasteiger partial charge in [0.25, 0.3) is 0 Å². The van der Waals surface area contributed by atoms with Gasteiger partial charge in [-0.05, 0) is 67.6 Å². The van der Waals surface area contributed by atoms with Crippen molar-refractivity contribution in [2.45, 2.75) is 117 Å². The molecule has 4 rings (SSSR count). The number of nitrogens with two attached hydrogens (primary N) is 1. The van der Waals surface area contributed by atoms with Crippen LogP contribution >= 0.6 is 0 Å². The molecule has 0 aromatic heterocycles. The van der Waals surface area contributed by atoms with Gasteiger partial charge in [-0.2, -0.15) is 0 Å². The third-order valence-corrected chi connectivity index (χ3v) is 9.76. The summed E-state index contributed by atoms with van der Waals surface area (Å²) >= 11 is 0. The lowest BCUT2D eigenvalue weighted by Gasteiger charge is -2.54. The van der Waals surface area contributed by atoms with Crippen LogP contribution in [-0.4, -0.2) is 48.5 Å². The van der Waals surface area contributed by atoms with Crippen LogP contribution in [0.2, 0.25) is 0 Å². The smallest absolute Gasteiger partial charge is 0.175 e. The Morgan fingerprint density at radius 1 is 0.848 bits per heavy atom. The van der Waals surface area contributed by atoms with Crippen molar-refractivity contribution in [2.75, 3.05) is 13.2 Å². The van der Waals surface area contributed by atoms with E-state index >= 15 is 0 Å². The Balaban J connectivity index is 1.75. The summed E-state index contributed by atoms with van der Waals surface area (Å²) < 4.78 is 20.6. The van der Waals surface area contributed by atoms with Gasteiger partial charge in [0.1, 0.15) is 12.2 Å². The fourth-order valence-corrected chi connectivity index (χ4v) is 8.06. The van der Waals surface area contributed by atoms with E-state index in [1.807, 2.05) is 0 Å². The van der Waals surface area contributed by atoms with Crippen molar-refractivity contribution in [3.63, 3.8) is 0 Å². The first kappa shape index (κ1) is 25.9. The summed E-state index contributed by atoms with van der Waals surface area (Å²) in [4.78, 5) is 0. The van der Waals surface area contributed by atoms with Gasteiger partial charge >= 0.3 is 0 Å². The molecule has 5 heteroatoms. The first-order chi connectivity index (χ1) is 15.7. The fourth-order valence-electron chi connectivity index (χ4n) is 8.06. The molecule has 0 spiro atoms. The quantitative estimate of drug-likeness (QED) is 0.554. The molecular weight excluding hydrogens is 414 g/mol. The van der Waals surface area contributed by atoms with Gasteiger partial charge in [-0.15, -0.1) is 0 Å². The molecule has 192 valence electrons. The van der Waals surface area contributed by atoms with E-state index in [0.717, 1.165) is 6.42 Å². The lowest BCUT2D eigenvalue weighted by Crippen LogP contribution is -2.57. The highest BCUT2D eigenvalue weighted by Crippen LogP contribution is 2.58. The minimum atomic E-state index is -0.568. The zero-order valence-corrected chi connectivity index (χ0v) is 22.0. The minimum absolute atomic E-state index is 0.0280. The predicted molar refractivity (Wildman–Crippen MR) is 132 cm³/mol. The lowest BCUT2D eigenvalue weighted by atomic mass is 9.58. The van der Waals surface area contributed by atoms with Crippen LogP contribution in [0.5, 0.6) is 0 Å². The maximum absolute atomic E-state index is 9.36. The largest absolute Gasteiger partial charge is 0.394 e. The highest BCUT2D eigenvalue weighted by Gasteiger charge is 2.65. The van der Waals surface area contributed by atoms with Crippen LogP contribution in [0.15, 0.2) is 0 Å². The van der Waals surface area contributed by atoms with Gasteiger partial charge in [0.05, 0.1) is 19.3 Å². The van der Waals surface area contributed by atoms with E-state index in [1.165, 1.54) is 38.5 Å². The van der Waals surface area contributed by atoms with Gasteiger partial charge in [0.2, 0.25) is 0 Å². The molecule has 0 aromatic rings. The SMILES string of the molecule is CC1CCC(C(C)C)C(C2(C3CC(C)CCC3C(C)C)O[C@@H]3[C@H](O2)[C@@H](OCCO)C[C@H]3N)C1. The van der Waals surface area contributed by atoms with Crippen molar-refractivity contribution in [2.24, 2.45) is 53.1 Å².